The minimum absolute atomic E-state index is 0.118. The van der Waals surface area contributed by atoms with Crippen LogP contribution in [0, 0.1) is 5.92 Å². The molecule has 5 nitrogen and oxygen atoms in total. The summed E-state index contributed by atoms with van der Waals surface area (Å²) < 4.78 is 28.9. The summed E-state index contributed by atoms with van der Waals surface area (Å²) in [7, 11) is 1.50. The van der Waals surface area contributed by atoms with Crippen LogP contribution in [0.2, 0.25) is 0 Å². The van der Waals surface area contributed by atoms with Crippen molar-refractivity contribution in [2.24, 2.45) is 5.92 Å². The minimum Gasteiger partial charge on any atom is -0.423 e. The van der Waals surface area contributed by atoms with Gasteiger partial charge < -0.3 is 14.2 Å². The largest absolute Gasteiger partial charge is 0.423 e. The van der Waals surface area contributed by atoms with E-state index in [0.29, 0.717) is 17.4 Å². The number of carbonyl (C=O) groups is 2. The Morgan fingerprint density at radius 1 is 0.791 bits per heavy atom. The van der Waals surface area contributed by atoms with Gasteiger partial charge in [0.15, 0.2) is 0 Å². The van der Waals surface area contributed by atoms with Crippen molar-refractivity contribution in [1.29, 1.82) is 0 Å². The fraction of sp³-hybridized carbons (Fsp3) is 0.351. The Labute approximate surface area is 254 Å². The van der Waals surface area contributed by atoms with Gasteiger partial charge in [-0.05, 0) is 89.6 Å². The third-order valence-electron chi connectivity index (χ3n) is 8.16. The molecule has 0 aliphatic heterocycles. The van der Waals surface area contributed by atoms with Gasteiger partial charge in [-0.15, -0.1) is 0 Å². The summed E-state index contributed by atoms with van der Waals surface area (Å²) in [5, 5.41) is 0. The summed E-state index contributed by atoms with van der Waals surface area (Å²) in [5.41, 5.74) is 5.51. The van der Waals surface area contributed by atoms with Crippen molar-refractivity contribution in [3.63, 3.8) is 0 Å². The Morgan fingerprint density at radius 3 is 1.98 bits per heavy atom. The fourth-order valence-corrected chi connectivity index (χ4v) is 5.78. The molecule has 1 saturated carbocycles. The third-order valence-corrected chi connectivity index (χ3v) is 8.16. The molecule has 4 rings (SSSR count). The highest BCUT2D eigenvalue weighted by Gasteiger charge is 2.25. The van der Waals surface area contributed by atoms with Gasteiger partial charge in [0, 0.05) is 7.11 Å². The molecule has 43 heavy (non-hydrogen) atoms. The number of unbranched alkanes of at least 4 members (excludes halogenated alkanes) is 2. The molecule has 0 bridgehead atoms. The molecule has 6 heteroatoms. The maximum atomic E-state index is 13.4. The van der Waals surface area contributed by atoms with E-state index in [0.717, 1.165) is 46.6 Å². The number of hydrogen-bond acceptors (Lipinski definition) is 5. The van der Waals surface area contributed by atoms with Crippen LogP contribution in [0.15, 0.2) is 91.3 Å². The molecule has 0 radical (unpaired) electrons. The van der Waals surface area contributed by atoms with Crippen molar-refractivity contribution in [2.75, 3.05) is 13.7 Å². The van der Waals surface area contributed by atoms with Gasteiger partial charge >= 0.3 is 11.9 Å². The highest BCUT2D eigenvalue weighted by Crippen LogP contribution is 2.43. The van der Waals surface area contributed by atoms with E-state index in [2.05, 4.69) is 44.3 Å². The van der Waals surface area contributed by atoms with Crippen molar-refractivity contribution >= 4 is 11.9 Å². The van der Waals surface area contributed by atoms with Crippen LogP contribution in [0.4, 0.5) is 4.39 Å². The van der Waals surface area contributed by atoms with Gasteiger partial charge in [0.05, 0.1) is 12.2 Å². The number of methoxy groups -OCH3 is 1. The first-order chi connectivity index (χ1) is 20.8. The molecule has 0 amide bonds. The van der Waals surface area contributed by atoms with Crippen LogP contribution in [-0.4, -0.2) is 25.7 Å². The molecule has 1 aliphatic rings. The number of ether oxygens (including phenoxy) is 3. The molecule has 0 unspecified atom stereocenters. The van der Waals surface area contributed by atoms with Gasteiger partial charge in [-0.3, -0.25) is 0 Å². The first-order valence-corrected chi connectivity index (χ1v) is 15.1. The minimum atomic E-state index is -1.11. The first-order valence-electron chi connectivity index (χ1n) is 15.1. The molecule has 0 N–H and O–H groups in total. The third kappa shape index (κ3) is 8.74. The molecule has 1 aliphatic carbocycles. The molecule has 0 saturated heterocycles. The average Bonchev–Trinajstić information content (AvgIpc) is 3.02. The van der Waals surface area contributed by atoms with Crippen LogP contribution in [0.3, 0.4) is 0 Å². The molecule has 0 spiro atoms. The predicted molar refractivity (Wildman–Crippen MR) is 169 cm³/mol. The van der Waals surface area contributed by atoms with Crippen molar-refractivity contribution in [2.45, 2.75) is 64.2 Å². The Bertz CT molecular complexity index is 1420. The lowest BCUT2D eigenvalue weighted by Gasteiger charge is -2.30. The summed E-state index contributed by atoms with van der Waals surface area (Å²) in [6.07, 6.45) is 9.62. The lowest BCUT2D eigenvalue weighted by molar-refractivity contribution is -0.132. The van der Waals surface area contributed by atoms with Crippen molar-refractivity contribution in [3.8, 4) is 33.8 Å². The lowest BCUT2D eigenvalue weighted by Crippen LogP contribution is -2.14. The zero-order valence-electron chi connectivity index (χ0n) is 25.2. The quantitative estimate of drug-likeness (QED) is 0.0867. The Kier molecular flexibility index (Phi) is 11.5. The van der Waals surface area contributed by atoms with Gasteiger partial charge in [-0.2, -0.15) is 4.39 Å². The molecular formula is C37H41FO5. The highest BCUT2D eigenvalue weighted by molar-refractivity contribution is 5.90. The zero-order valence-corrected chi connectivity index (χ0v) is 25.2. The zero-order chi connectivity index (χ0) is 30.8. The van der Waals surface area contributed by atoms with Crippen LogP contribution in [0.1, 0.15) is 69.8 Å². The summed E-state index contributed by atoms with van der Waals surface area (Å²) in [6, 6.07) is 21.2. The van der Waals surface area contributed by atoms with Crippen LogP contribution in [0.25, 0.3) is 22.3 Å². The van der Waals surface area contributed by atoms with Crippen molar-refractivity contribution in [3.05, 3.63) is 96.9 Å². The van der Waals surface area contributed by atoms with E-state index < -0.39 is 17.8 Å². The van der Waals surface area contributed by atoms with E-state index >= 15 is 0 Å². The highest BCUT2D eigenvalue weighted by atomic mass is 19.1. The molecule has 226 valence electrons. The Balaban J connectivity index is 1.52. The van der Waals surface area contributed by atoms with Gasteiger partial charge in [0.1, 0.15) is 11.5 Å². The number of benzene rings is 3. The summed E-state index contributed by atoms with van der Waals surface area (Å²) >= 11 is 0. The molecule has 1 fully saturated rings. The van der Waals surface area contributed by atoms with Crippen molar-refractivity contribution < 1.29 is 28.2 Å². The SMILES string of the molecule is C=C(F)C(=O)Oc1ccc(-c2ccc(-c3ccc(OC(=O)C(=C)COC)cc3)cc2)c(C2CCC(CCCCC)CC2)c1. The number of carbonyl (C=O) groups excluding carboxylic acids is 2. The molecule has 0 aromatic heterocycles. The van der Waals surface area contributed by atoms with Gasteiger partial charge in [-0.1, -0.05) is 88.2 Å². The number of hydrogen-bond donors (Lipinski definition) is 0. The average molecular weight is 585 g/mol. The van der Waals surface area contributed by atoms with E-state index in [1.165, 1.54) is 45.6 Å². The van der Waals surface area contributed by atoms with Gasteiger partial charge in [-0.25, -0.2) is 9.59 Å². The molecule has 3 aromatic carbocycles. The van der Waals surface area contributed by atoms with E-state index in [9.17, 15) is 14.0 Å². The predicted octanol–water partition coefficient (Wildman–Crippen LogP) is 9.37. The summed E-state index contributed by atoms with van der Waals surface area (Å²) in [5.74, 6) is -0.838. The van der Waals surface area contributed by atoms with Crippen LogP contribution >= 0.6 is 0 Å². The Morgan fingerprint density at radius 2 is 1.37 bits per heavy atom. The maximum absolute atomic E-state index is 13.4. The molecule has 3 aromatic rings. The molecule has 0 heterocycles. The topological polar surface area (TPSA) is 61.8 Å². The number of rotatable bonds is 13. The van der Waals surface area contributed by atoms with Crippen LogP contribution < -0.4 is 9.47 Å². The fourth-order valence-electron chi connectivity index (χ4n) is 5.78. The van der Waals surface area contributed by atoms with Crippen LogP contribution in [0.5, 0.6) is 11.5 Å². The number of halogens is 1. The smallest absolute Gasteiger partial charge is 0.371 e. The van der Waals surface area contributed by atoms with Crippen LogP contribution in [-0.2, 0) is 14.3 Å². The molecule has 0 atom stereocenters. The standard InChI is InChI=1S/C37H41FO5/c1-5-6-7-8-27-9-11-31(12-10-27)35-23-33(43-37(40)26(3)38)21-22-34(35)30-15-13-28(14-16-30)29-17-19-32(20-18-29)42-36(39)25(2)24-41-4/h13-23,27,31H,2-3,5-12,24H2,1,4H3. The van der Waals surface area contributed by atoms with Gasteiger partial charge in [0.2, 0.25) is 5.83 Å². The lowest BCUT2D eigenvalue weighted by atomic mass is 9.75. The second-order valence-corrected chi connectivity index (χ2v) is 11.3. The van der Waals surface area contributed by atoms with Crippen molar-refractivity contribution in [1.82, 2.24) is 0 Å². The maximum Gasteiger partial charge on any atom is 0.371 e. The van der Waals surface area contributed by atoms with E-state index in [1.807, 2.05) is 24.3 Å². The summed E-state index contributed by atoms with van der Waals surface area (Å²) in [6.45, 7) is 9.09. The first kappa shape index (κ1) is 31.9. The molecular weight excluding hydrogens is 543 g/mol. The second kappa shape index (κ2) is 15.4. The second-order valence-electron chi connectivity index (χ2n) is 11.3. The summed E-state index contributed by atoms with van der Waals surface area (Å²) in [4.78, 5) is 24.0. The monoisotopic (exact) mass is 584 g/mol. The van der Waals surface area contributed by atoms with E-state index in [4.69, 9.17) is 14.2 Å². The van der Waals surface area contributed by atoms with E-state index in [-0.39, 0.29) is 12.2 Å². The Hall–Kier alpha value is -4.03. The van der Waals surface area contributed by atoms with Gasteiger partial charge in [0.25, 0.3) is 0 Å². The van der Waals surface area contributed by atoms with E-state index in [1.54, 1.807) is 18.2 Å². The normalized spacial score (nSPS) is 16.3. The number of esters is 2.